The first-order chi connectivity index (χ1) is 13.8. The van der Waals surface area contributed by atoms with Crippen LogP contribution in [-0.4, -0.2) is 15.8 Å². The van der Waals surface area contributed by atoms with E-state index in [1.807, 2.05) is 0 Å². The number of carbonyl (C=O) groups is 1. The number of pyridine rings is 1. The maximum atomic E-state index is 14.2. The predicted octanol–water partition coefficient (Wildman–Crippen LogP) is 4.30. The van der Waals surface area contributed by atoms with Crippen LogP contribution in [0.4, 0.5) is 14.5 Å². The van der Waals surface area contributed by atoms with Crippen molar-refractivity contribution in [1.29, 1.82) is 0 Å². The van der Waals surface area contributed by atoms with Gasteiger partial charge in [-0.25, -0.2) is 8.78 Å². The third kappa shape index (κ3) is 4.70. The number of ether oxygens (including phenoxy) is 1. The van der Waals surface area contributed by atoms with Crippen LogP contribution in [0.25, 0.3) is 0 Å². The van der Waals surface area contributed by atoms with E-state index in [0.29, 0.717) is 11.3 Å². The lowest BCUT2D eigenvalue weighted by Crippen LogP contribution is -2.23. The van der Waals surface area contributed by atoms with Gasteiger partial charge >= 0.3 is 0 Å². The lowest BCUT2D eigenvalue weighted by molar-refractivity contribution is -0.385. The topological polar surface area (TPSA) is 94.4 Å². The van der Waals surface area contributed by atoms with Crippen molar-refractivity contribution in [3.8, 4) is 11.5 Å². The number of aromatic nitrogens is 1. The maximum absolute atomic E-state index is 14.2. The fraction of sp³-hybridized carbons (Fsp3) is 0.100. The maximum Gasteiger partial charge on any atom is 0.276 e. The standard InChI is InChI=1S/C20H15F2N3O4/c1-12-16(21)8-14(9-18(12)25(27)28)20(26)24-10-13-4-5-19(17(22)7-13)29-15-3-2-6-23-11-15/h2-9,11H,10H2,1H3,(H,24,26). The molecule has 9 heteroatoms. The quantitative estimate of drug-likeness (QED) is 0.493. The van der Waals surface area contributed by atoms with Gasteiger partial charge in [0.15, 0.2) is 11.6 Å². The summed E-state index contributed by atoms with van der Waals surface area (Å²) in [6.07, 6.45) is 3.00. The molecular weight excluding hydrogens is 384 g/mol. The molecule has 0 aliphatic heterocycles. The minimum Gasteiger partial charge on any atom is -0.453 e. The number of halogens is 2. The highest BCUT2D eigenvalue weighted by molar-refractivity contribution is 5.95. The van der Waals surface area contributed by atoms with Crippen LogP contribution in [0.2, 0.25) is 0 Å². The smallest absolute Gasteiger partial charge is 0.276 e. The molecule has 148 valence electrons. The van der Waals surface area contributed by atoms with Crippen molar-refractivity contribution < 1.29 is 23.2 Å². The van der Waals surface area contributed by atoms with Crippen molar-refractivity contribution in [2.45, 2.75) is 13.5 Å². The lowest BCUT2D eigenvalue weighted by Gasteiger charge is -2.09. The summed E-state index contributed by atoms with van der Waals surface area (Å²) in [4.78, 5) is 26.3. The highest BCUT2D eigenvalue weighted by Crippen LogP contribution is 2.25. The second-order valence-electron chi connectivity index (χ2n) is 6.10. The minimum atomic E-state index is -0.854. The molecule has 0 spiro atoms. The van der Waals surface area contributed by atoms with E-state index in [0.717, 1.165) is 12.1 Å². The lowest BCUT2D eigenvalue weighted by atomic mass is 10.1. The van der Waals surface area contributed by atoms with Crippen LogP contribution in [0.1, 0.15) is 21.5 Å². The summed E-state index contributed by atoms with van der Waals surface area (Å²) in [6, 6.07) is 9.33. The molecule has 0 aliphatic rings. The number of nitrogens with zero attached hydrogens (tertiary/aromatic N) is 2. The highest BCUT2D eigenvalue weighted by atomic mass is 19.1. The van der Waals surface area contributed by atoms with Crippen LogP contribution in [0.3, 0.4) is 0 Å². The molecular formula is C20H15F2N3O4. The van der Waals surface area contributed by atoms with Crippen LogP contribution < -0.4 is 10.1 Å². The third-order valence-electron chi connectivity index (χ3n) is 4.09. The van der Waals surface area contributed by atoms with Gasteiger partial charge in [0, 0.05) is 24.4 Å². The van der Waals surface area contributed by atoms with Gasteiger partial charge in [-0.15, -0.1) is 0 Å². The average Bonchev–Trinajstić information content (AvgIpc) is 2.70. The van der Waals surface area contributed by atoms with E-state index >= 15 is 0 Å². The van der Waals surface area contributed by atoms with Crippen LogP contribution in [0, 0.1) is 28.7 Å². The minimum absolute atomic E-state index is 0.00990. The molecule has 0 atom stereocenters. The zero-order valence-electron chi connectivity index (χ0n) is 15.2. The first-order valence-electron chi connectivity index (χ1n) is 8.44. The number of hydrogen-bond acceptors (Lipinski definition) is 5. The average molecular weight is 399 g/mol. The van der Waals surface area contributed by atoms with E-state index in [1.165, 1.54) is 25.3 Å². The van der Waals surface area contributed by atoms with E-state index in [-0.39, 0.29) is 23.4 Å². The molecule has 2 aromatic carbocycles. The number of rotatable bonds is 6. The van der Waals surface area contributed by atoms with Gasteiger partial charge in [0.1, 0.15) is 11.6 Å². The van der Waals surface area contributed by atoms with Crippen LogP contribution >= 0.6 is 0 Å². The SMILES string of the molecule is Cc1c(F)cc(C(=O)NCc2ccc(Oc3cccnc3)c(F)c2)cc1[N+](=O)[O-]. The molecule has 7 nitrogen and oxygen atoms in total. The summed E-state index contributed by atoms with van der Waals surface area (Å²) in [5.41, 5.74) is -0.413. The molecule has 1 heterocycles. The van der Waals surface area contributed by atoms with Crippen molar-refractivity contribution >= 4 is 11.6 Å². The van der Waals surface area contributed by atoms with Gasteiger partial charge in [0.05, 0.1) is 16.7 Å². The number of nitro groups is 1. The summed E-state index contributed by atoms with van der Waals surface area (Å²) in [7, 11) is 0. The number of hydrogen-bond donors (Lipinski definition) is 1. The van der Waals surface area contributed by atoms with E-state index in [9.17, 15) is 23.7 Å². The van der Waals surface area contributed by atoms with E-state index in [1.54, 1.807) is 24.4 Å². The molecule has 0 saturated heterocycles. The van der Waals surface area contributed by atoms with Gasteiger partial charge in [-0.2, -0.15) is 0 Å². The van der Waals surface area contributed by atoms with E-state index in [2.05, 4.69) is 10.3 Å². The van der Waals surface area contributed by atoms with Crippen molar-refractivity contribution in [3.63, 3.8) is 0 Å². The monoisotopic (exact) mass is 399 g/mol. The van der Waals surface area contributed by atoms with Crippen LogP contribution in [0.15, 0.2) is 54.9 Å². The Kier molecular flexibility index (Phi) is 5.77. The zero-order valence-corrected chi connectivity index (χ0v) is 15.2. The van der Waals surface area contributed by atoms with Crippen molar-refractivity contribution in [3.05, 3.63) is 93.3 Å². The molecule has 0 aliphatic carbocycles. The van der Waals surface area contributed by atoms with Gasteiger partial charge in [0.25, 0.3) is 11.6 Å². The van der Waals surface area contributed by atoms with Gasteiger partial charge in [-0.1, -0.05) is 6.07 Å². The number of carbonyl (C=O) groups excluding carboxylic acids is 1. The Morgan fingerprint density at radius 1 is 1.21 bits per heavy atom. The molecule has 1 amide bonds. The molecule has 3 rings (SSSR count). The first kappa shape index (κ1) is 19.9. The Morgan fingerprint density at radius 2 is 2.00 bits per heavy atom. The Bertz CT molecular complexity index is 1070. The number of nitrogens with one attached hydrogen (secondary N) is 1. The summed E-state index contributed by atoms with van der Waals surface area (Å²) in [5, 5.41) is 13.5. The zero-order chi connectivity index (χ0) is 21.0. The molecule has 0 bridgehead atoms. The van der Waals surface area contributed by atoms with Crippen molar-refractivity contribution in [2.75, 3.05) is 0 Å². The van der Waals surface area contributed by atoms with Crippen molar-refractivity contribution in [1.82, 2.24) is 10.3 Å². The van der Waals surface area contributed by atoms with Gasteiger partial charge in [-0.05, 0) is 42.8 Å². The third-order valence-corrected chi connectivity index (χ3v) is 4.09. The van der Waals surface area contributed by atoms with E-state index < -0.39 is 28.2 Å². The largest absolute Gasteiger partial charge is 0.453 e. The van der Waals surface area contributed by atoms with Gasteiger partial charge in [-0.3, -0.25) is 19.9 Å². The second-order valence-corrected chi connectivity index (χ2v) is 6.10. The van der Waals surface area contributed by atoms with E-state index in [4.69, 9.17) is 4.74 Å². The highest BCUT2D eigenvalue weighted by Gasteiger charge is 2.19. The molecule has 0 saturated carbocycles. The number of amides is 1. The Labute approximate surface area is 164 Å². The molecule has 0 radical (unpaired) electrons. The number of benzene rings is 2. The Balaban J connectivity index is 1.69. The summed E-state index contributed by atoms with van der Waals surface area (Å²) >= 11 is 0. The molecule has 29 heavy (non-hydrogen) atoms. The normalized spacial score (nSPS) is 10.4. The second kappa shape index (κ2) is 8.42. The molecule has 1 aromatic heterocycles. The Hall–Kier alpha value is -3.88. The summed E-state index contributed by atoms with van der Waals surface area (Å²) < 4.78 is 33.5. The molecule has 1 N–H and O–H groups in total. The molecule has 0 fully saturated rings. The fourth-order valence-electron chi connectivity index (χ4n) is 2.54. The summed E-state index contributed by atoms with van der Waals surface area (Å²) in [6.45, 7) is 1.19. The fourth-order valence-corrected chi connectivity index (χ4v) is 2.54. The predicted molar refractivity (Wildman–Crippen MR) is 99.7 cm³/mol. The van der Waals surface area contributed by atoms with Crippen LogP contribution in [-0.2, 0) is 6.54 Å². The Morgan fingerprint density at radius 3 is 2.66 bits per heavy atom. The van der Waals surface area contributed by atoms with Gasteiger partial charge in [0.2, 0.25) is 0 Å². The first-order valence-corrected chi connectivity index (χ1v) is 8.44. The van der Waals surface area contributed by atoms with Crippen LogP contribution in [0.5, 0.6) is 11.5 Å². The summed E-state index contributed by atoms with van der Waals surface area (Å²) in [5.74, 6) is -1.85. The van der Waals surface area contributed by atoms with Crippen molar-refractivity contribution in [2.24, 2.45) is 0 Å². The number of nitro benzene ring substituents is 1. The molecule has 3 aromatic rings. The van der Waals surface area contributed by atoms with Gasteiger partial charge < -0.3 is 10.1 Å². The molecule has 0 unspecified atom stereocenters.